The van der Waals surface area contributed by atoms with Gasteiger partial charge in [0.2, 0.25) is 0 Å². The zero-order valence-electron chi connectivity index (χ0n) is 8.14. The number of rotatable bonds is 1. The number of allylic oxidation sites excluding steroid dienone is 2. The largest absolute Gasteiger partial charge is 0.342 e. The predicted octanol–water partition coefficient (Wildman–Crippen LogP) is 1.23. The third-order valence-electron chi connectivity index (χ3n) is 2.04. The van der Waals surface area contributed by atoms with Crippen LogP contribution in [0, 0.1) is 0 Å². The first-order valence-electron chi connectivity index (χ1n) is 4.47. The lowest BCUT2D eigenvalue weighted by Crippen LogP contribution is -2.16. The molecule has 1 heterocycles. The summed E-state index contributed by atoms with van der Waals surface area (Å²) in [4.78, 5) is 0. The molecular formula is C10H10N2O2S. The summed E-state index contributed by atoms with van der Waals surface area (Å²) in [7, 11) is -3.54. The van der Waals surface area contributed by atoms with E-state index in [2.05, 4.69) is 9.12 Å². The molecule has 0 unspecified atom stereocenters. The van der Waals surface area contributed by atoms with Crippen LogP contribution >= 0.6 is 0 Å². The minimum absolute atomic E-state index is 0.470. The van der Waals surface area contributed by atoms with Crippen molar-refractivity contribution in [2.75, 3.05) is 0 Å². The van der Waals surface area contributed by atoms with Crippen molar-refractivity contribution >= 4 is 15.9 Å². The number of hydrogen-bond donors (Lipinski definition) is 1. The molecule has 1 aromatic rings. The van der Waals surface area contributed by atoms with Crippen LogP contribution in [-0.2, 0) is 10.2 Å². The van der Waals surface area contributed by atoms with Crippen molar-refractivity contribution in [3.05, 3.63) is 47.7 Å². The summed E-state index contributed by atoms with van der Waals surface area (Å²) < 4.78 is 28.5. The lowest BCUT2D eigenvalue weighted by atomic mass is 10.1. The van der Waals surface area contributed by atoms with Crippen molar-refractivity contribution in [2.45, 2.75) is 6.92 Å². The van der Waals surface area contributed by atoms with E-state index in [1.54, 1.807) is 13.0 Å². The Labute approximate surface area is 88.5 Å². The molecule has 0 amide bonds. The molecular weight excluding hydrogens is 212 g/mol. The van der Waals surface area contributed by atoms with Crippen LogP contribution in [0.3, 0.4) is 0 Å². The van der Waals surface area contributed by atoms with Gasteiger partial charge in [-0.3, -0.25) is 4.72 Å². The molecule has 0 spiro atoms. The van der Waals surface area contributed by atoms with Gasteiger partial charge in [0.1, 0.15) is 5.71 Å². The molecule has 0 aromatic heterocycles. The van der Waals surface area contributed by atoms with Crippen LogP contribution in [0.5, 0.6) is 0 Å². The lowest BCUT2D eigenvalue weighted by Gasteiger charge is -2.00. The first kappa shape index (κ1) is 9.92. The van der Waals surface area contributed by atoms with E-state index in [9.17, 15) is 8.42 Å². The standard InChI is InChI=1S/C10H10N2O2S/c1-2-9-10(12-15(13,14)11-9)8-6-4-3-5-7-8/h2-7,11H,1H3/b9-2-. The van der Waals surface area contributed by atoms with Gasteiger partial charge in [0.15, 0.2) is 0 Å². The molecule has 78 valence electrons. The zero-order chi connectivity index (χ0) is 10.9. The van der Waals surface area contributed by atoms with Crippen LogP contribution in [0.1, 0.15) is 12.5 Å². The van der Waals surface area contributed by atoms with Crippen molar-refractivity contribution < 1.29 is 8.42 Å². The van der Waals surface area contributed by atoms with Crippen molar-refractivity contribution in [3.63, 3.8) is 0 Å². The molecule has 0 bridgehead atoms. The minimum Gasteiger partial charge on any atom is -0.263 e. The predicted molar refractivity (Wildman–Crippen MR) is 58.8 cm³/mol. The second-order valence-electron chi connectivity index (χ2n) is 3.09. The lowest BCUT2D eigenvalue weighted by molar-refractivity contribution is 0.594. The molecule has 0 aliphatic carbocycles. The number of nitrogens with zero attached hydrogens (tertiary/aromatic N) is 1. The average molecular weight is 222 g/mol. The number of hydrogen-bond acceptors (Lipinski definition) is 2. The molecule has 1 N–H and O–H groups in total. The molecule has 0 fully saturated rings. The summed E-state index contributed by atoms with van der Waals surface area (Å²) in [5.41, 5.74) is 1.79. The Morgan fingerprint density at radius 3 is 2.53 bits per heavy atom. The Bertz CT molecular complexity index is 530. The van der Waals surface area contributed by atoms with E-state index in [4.69, 9.17) is 0 Å². The van der Waals surface area contributed by atoms with Crippen LogP contribution in [0.4, 0.5) is 0 Å². The van der Waals surface area contributed by atoms with E-state index < -0.39 is 10.2 Å². The van der Waals surface area contributed by atoms with Crippen LogP contribution in [-0.4, -0.2) is 14.1 Å². The third kappa shape index (κ3) is 1.92. The summed E-state index contributed by atoms with van der Waals surface area (Å²) in [5, 5.41) is 0. The molecule has 1 aromatic carbocycles. The highest BCUT2D eigenvalue weighted by molar-refractivity contribution is 7.89. The average Bonchev–Trinajstić information content (AvgIpc) is 2.55. The maximum atomic E-state index is 11.2. The van der Waals surface area contributed by atoms with Crippen LogP contribution < -0.4 is 4.72 Å². The smallest absolute Gasteiger partial charge is 0.263 e. The quantitative estimate of drug-likeness (QED) is 0.776. The summed E-state index contributed by atoms with van der Waals surface area (Å²) >= 11 is 0. The van der Waals surface area contributed by atoms with Gasteiger partial charge in [0.05, 0.1) is 5.70 Å². The summed E-state index contributed by atoms with van der Waals surface area (Å²) in [5.74, 6) is 0. The van der Waals surface area contributed by atoms with Crippen LogP contribution in [0.15, 0.2) is 46.5 Å². The summed E-state index contributed by atoms with van der Waals surface area (Å²) in [6.07, 6.45) is 1.69. The second kappa shape index (κ2) is 3.51. The van der Waals surface area contributed by atoms with Crippen molar-refractivity contribution in [1.82, 2.24) is 4.72 Å². The van der Waals surface area contributed by atoms with E-state index in [1.807, 2.05) is 30.3 Å². The Balaban J connectivity index is 2.54. The van der Waals surface area contributed by atoms with Crippen LogP contribution in [0.25, 0.3) is 0 Å². The third-order valence-corrected chi connectivity index (χ3v) is 2.94. The molecule has 1 aliphatic rings. The Morgan fingerprint density at radius 1 is 1.27 bits per heavy atom. The Kier molecular flexibility index (Phi) is 2.32. The SMILES string of the molecule is C/C=C1\NS(=O)(=O)N=C1c1ccccc1. The molecule has 2 rings (SSSR count). The number of nitrogens with one attached hydrogen (secondary N) is 1. The highest BCUT2D eigenvalue weighted by Crippen LogP contribution is 2.15. The Hall–Kier alpha value is -1.62. The maximum Gasteiger partial charge on any atom is 0.342 e. The molecule has 0 atom stereocenters. The molecule has 5 heteroatoms. The van der Waals surface area contributed by atoms with E-state index in [0.29, 0.717) is 11.4 Å². The van der Waals surface area contributed by atoms with Crippen molar-refractivity contribution in [3.8, 4) is 0 Å². The molecule has 0 radical (unpaired) electrons. The molecule has 4 nitrogen and oxygen atoms in total. The normalized spacial score (nSPS) is 21.1. The van der Waals surface area contributed by atoms with E-state index >= 15 is 0 Å². The van der Waals surface area contributed by atoms with Gasteiger partial charge < -0.3 is 0 Å². The van der Waals surface area contributed by atoms with Gasteiger partial charge in [-0.25, -0.2) is 0 Å². The fourth-order valence-corrected chi connectivity index (χ4v) is 2.36. The second-order valence-corrected chi connectivity index (χ2v) is 4.42. The van der Waals surface area contributed by atoms with E-state index in [1.165, 1.54) is 0 Å². The molecule has 0 saturated carbocycles. The van der Waals surface area contributed by atoms with E-state index in [-0.39, 0.29) is 0 Å². The first-order valence-corrected chi connectivity index (χ1v) is 5.91. The highest BCUT2D eigenvalue weighted by Gasteiger charge is 2.24. The van der Waals surface area contributed by atoms with Gasteiger partial charge in [0.25, 0.3) is 0 Å². The fourth-order valence-electron chi connectivity index (χ4n) is 1.38. The van der Waals surface area contributed by atoms with E-state index in [0.717, 1.165) is 5.56 Å². The van der Waals surface area contributed by atoms with Gasteiger partial charge in [-0.15, -0.1) is 4.40 Å². The van der Waals surface area contributed by atoms with Gasteiger partial charge in [-0.05, 0) is 6.92 Å². The zero-order valence-corrected chi connectivity index (χ0v) is 8.95. The number of benzene rings is 1. The summed E-state index contributed by atoms with van der Waals surface area (Å²) in [6, 6.07) is 9.21. The van der Waals surface area contributed by atoms with Crippen molar-refractivity contribution in [1.29, 1.82) is 0 Å². The Morgan fingerprint density at radius 2 is 1.93 bits per heavy atom. The van der Waals surface area contributed by atoms with Gasteiger partial charge >= 0.3 is 10.2 Å². The first-order chi connectivity index (χ1) is 7.12. The summed E-state index contributed by atoms with van der Waals surface area (Å²) in [6.45, 7) is 1.77. The molecule has 0 saturated heterocycles. The van der Waals surface area contributed by atoms with Gasteiger partial charge in [-0.1, -0.05) is 36.4 Å². The molecule has 1 aliphatic heterocycles. The van der Waals surface area contributed by atoms with Crippen LogP contribution in [0.2, 0.25) is 0 Å². The highest BCUT2D eigenvalue weighted by atomic mass is 32.2. The maximum absolute atomic E-state index is 11.2. The van der Waals surface area contributed by atoms with Gasteiger partial charge in [-0.2, -0.15) is 8.42 Å². The minimum atomic E-state index is -3.54. The monoisotopic (exact) mass is 222 g/mol. The topological polar surface area (TPSA) is 58.5 Å². The molecule has 15 heavy (non-hydrogen) atoms. The van der Waals surface area contributed by atoms with Gasteiger partial charge in [0, 0.05) is 5.56 Å². The van der Waals surface area contributed by atoms with Crippen molar-refractivity contribution in [2.24, 2.45) is 4.40 Å². The fraction of sp³-hybridized carbons (Fsp3) is 0.100.